The molecule has 2 aliphatic rings. The average Bonchev–Trinajstić information content (AvgIpc) is 3.48. The zero-order valence-corrected chi connectivity index (χ0v) is 17.0. The van der Waals surface area contributed by atoms with Crippen LogP contribution in [0.2, 0.25) is 5.02 Å². The van der Waals surface area contributed by atoms with Crippen molar-refractivity contribution in [3.8, 4) is 17.1 Å². The van der Waals surface area contributed by atoms with Crippen LogP contribution in [-0.2, 0) is 16.5 Å². The molecule has 6 rings (SSSR count). The second kappa shape index (κ2) is 6.72. The molecule has 2 fully saturated rings. The third kappa shape index (κ3) is 2.81. The first-order valence-corrected chi connectivity index (χ1v) is 10.3. The minimum absolute atomic E-state index is 0.267. The Morgan fingerprint density at radius 3 is 2.93 bits per heavy atom. The predicted octanol–water partition coefficient (Wildman–Crippen LogP) is 3.28. The van der Waals surface area contributed by atoms with Crippen molar-refractivity contribution >= 4 is 33.5 Å². The summed E-state index contributed by atoms with van der Waals surface area (Å²) < 4.78 is 19.4. The van der Waals surface area contributed by atoms with Gasteiger partial charge in [-0.2, -0.15) is 0 Å². The number of aliphatic hydroxyl groups excluding tert-OH is 1. The van der Waals surface area contributed by atoms with E-state index in [1.807, 2.05) is 31.4 Å². The number of hydrogen-bond acceptors (Lipinski definition) is 5. The number of aromatic amines is 1. The number of nitrogens with one attached hydrogen (secondary N) is 1. The van der Waals surface area contributed by atoms with Gasteiger partial charge in [0.2, 0.25) is 0 Å². The molecule has 3 aromatic heterocycles. The molecule has 30 heavy (non-hydrogen) atoms. The fraction of sp³-hybridized carbons (Fsp3) is 0.318. The van der Waals surface area contributed by atoms with Crippen LogP contribution in [0.25, 0.3) is 33.2 Å². The van der Waals surface area contributed by atoms with Gasteiger partial charge in [-0.05, 0) is 24.3 Å². The van der Waals surface area contributed by atoms with Crippen molar-refractivity contribution in [3.05, 3.63) is 47.6 Å². The van der Waals surface area contributed by atoms with Gasteiger partial charge in [0.25, 0.3) is 0 Å². The zero-order valence-electron chi connectivity index (χ0n) is 16.2. The lowest BCUT2D eigenvalue weighted by molar-refractivity contribution is 0.00794. The van der Waals surface area contributed by atoms with E-state index >= 15 is 0 Å². The van der Waals surface area contributed by atoms with Crippen LogP contribution in [0.5, 0.6) is 5.88 Å². The highest BCUT2D eigenvalue weighted by Gasteiger charge is 2.48. The molecule has 7 nitrogen and oxygen atoms in total. The lowest BCUT2D eigenvalue weighted by atomic mass is 10.1. The Labute approximate surface area is 177 Å². The number of fused-ring (bicyclic) bond motifs is 3. The molecule has 4 atom stereocenters. The SMILES string of the molecule is Cn1ccc2cc(-c3nc4cc(OC5CO[C@@H]6C(O)CO[C@H]56)[nH]c4cc3Cl)ccc21. The van der Waals surface area contributed by atoms with Crippen LogP contribution in [0.4, 0.5) is 0 Å². The number of pyridine rings is 1. The number of rotatable bonds is 3. The number of aryl methyl sites for hydroxylation is 1. The van der Waals surface area contributed by atoms with Gasteiger partial charge in [0.15, 0.2) is 12.0 Å². The van der Waals surface area contributed by atoms with Crippen LogP contribution in [0.15, 0.2) is 42.6 Å². The number of nitrogens with zero attached hydrogens (tertiary/aromatic N) is 2. The van der Waals surface area contributed by atoms with Crippen molar-refractivity contribution in [2.45, 2.75) is 24.4 Å². The van der Waals surface area contributed by atoms with Crippen molar-refractivity contribution < 1.29 is 19.3 Å². The molecule has 8 heteroatoms. The van der Waals surface area contributed by atoms with Gasteiger partial charge in [-0.3, -0.25) is 0 Å². The highest BCUT2D eigenvalue weighted by Crippen LogP contribution is 2.34. The van der Waals surface area contributed by atoms with Crippen molar-refractivity contribution in [1.29, 1.82) is 0 Å². The molecular weight excluding hydrogens is 406 g/mol. The minimum Gasteiger partial charge on any atom is -0.470 e. The maximum atomic E-state index is 9.89. The van der Waals surface area contributed by atoms with E-state index in [9.17, 15) is 5.11 Å². The quantitative estimate of drug-likeness (QED) is 0.526. The Hall–Kier alpha value is -2.58. The molecule has 5 heterocycles. The number of halogens is 1. The van der Waals surface area contributed by atoms with E-state index in [1.165, 1.54) is 0 Å². The summed E-state index contributed by atoms with van der Waals surface area (Å²) in [6, 6.07) is 12.0. The zero-order chi connectivity index (χ0) is 20.4. The largest absolute Gasteiger partial charge is 0.470 e. The molecule has 2 N–H and O–H groups in total. The molecule has 0 saturated carbocycles. The van der Waals surface area contributed by atoms with Crippen molar-refractivity contribution in [2.75, 3.05) is 13.2 Å². The summed E-state index contributed by atoms with van der Waals surface area (Å²) >= 11 is 6.57. The van der Waals surface area contributed by atoms with E-state index in [1.54, 1.807) is 0 Å². The Balaban J connectivity index is 1.32. The summed E-state index contributed by atoms with van der Waals surface area (Å²) in [4.78, 5) is 8.00. The van der Waals surface area contributed by atoms with E-state index in [2.05, 4.69) is 27.8 Å². The number of aromatic nitrogens is 3. The van der Waals surface area contributed by atoms with Crippen LogP contribution in [0.1, 0.15) is 0 Å². The molecule has 2 aliphatic heterocycles. The normalized spacial score (nSPS) is 26.0. The summed E-state index contributed by atoms with van der Waals surface area (Å²) in [5, 5.41) is 11.6. The fourth-order valence-corrected chi connectivity index (χ4v) is 4.67. The van der Waals surface area contributed by atoms with Crippen molar-refractivity contribution in [3.63, 3.8) is 0 Å². The summed E-state index contributed by atoms with van der Waals surface area (Å²) in [6.07, 6.45) is 0.557. The van der Waals surface area contributed by atoms with E-state index in [4.69, 9.17) is 30.8 Å². The van der Waals surface area contributed by atoms with Gasteiger partial charge >= 0.3 is 0 Å². The van der Waals surface area contributed by atoms with Gasteiger partial charge in [0.05, 0.1) is 35.0 Å². The molecule has 2 saturated heterocycles. The number of ether oxygens (including phenoxy) is 3. The molecule has 4 aromatic rings. The molecule has 0 radical (unpaired) electrons. The monoisotopic (exact) mass is 425 g/mol. The topological polar surface area (TPSA) is 81.5 Å². The van der Waals surface area contributed by atoms with Gasteiger partial charge in [0, 0.05) is 35.8 Å². The Morgan fingerprint density at radius 2 is 2.03 bits per heavy atom. The van der Waals surface area contributed by atoms with E-state index in [-0.39, 0.29) is 24.9 Å². The number of H-pyrrole nitrogens is 1. The standard InChI is InChI=1S/C22H20ClN3O4/c1-26-5-4-11-6-12(2-3-16(11)26)20-13(23)7-14-15(25-20)8-19(24-14)30-18-10-29-21-17(27)9-28-22(18)21/h2-8,17-18,21-22,24,27H,9-10H2,1H3/t17?,18?,21-,22-/m1/s1. The highest BCUT2D eigenvalue weighted by atomic mass is 35.5. The van der Waals surface area contributed by atoms with Crippen molar-refractivity contribution in [1.82, 2.24) is 14.5 Å². The number of aliphatic hydroxyl groups is 1. The Bertz CT molecular complexity index is 1270. The van der Waals surface area contributed by atoms with Gasteiger partial charge in [-0.1, -0.05) is 17.7 Å². The van der Waals surface area contributed by atoms with Crippen LogP contribution in [0, 0.1) is 0 Å². The second-order valence-electron chi connectivity index (χ2n) is 7.90. The molecule has 154 valence electrons. The highest BCUT2D eigenvalue weighted by molar-refractivity contribution is 6.33. The van der Waals surface area contributed by atoms with E-state index in [0.29, 0.717) is 17.5 Å². The molecule has 0 spiro atoms. The van der Waals surface area contributed by atoms with Gasteiger partial charge in [-0.15, -0.1) is 0 Å². The third-order valence-corrected chi connectivity index (χ3v) is 6.24. The van der Waals surface area contributed by atoms with Gasteiger partial charge in [0.1, 0.15) is 18.3 Å². The van der Waals surface area contributed by atoms with E-state index in [0.717, 1.165) is 33.2 Å². The second-order valence-corrected chi connectivity index (χ2v) is 8.31. The van der Waals surface area contributed by atoms with Gasteiger partial charge in [-0.25, -0.2) is 4.98 Å². The molecule has 1 aromatic carbocycles. The van der Waals surface area contributed by atoms with E-state index < -0.39 is 6.10 Å². The lowest BCUT2D eigenvalue weighted by Gasteiger charge is -2.16. The fourth-order valence-electron chi connectivity index (χ4n) is 4.41. The smallest absolute Gasteiger partial charge is 0.193 e. The Kier molecular flexibility index (Phi) is 4.08. The predicted molar refractivity (Wildman–Crippen MR) is 113 cm³/mol. The summed E-state index contributed by atoms with van der Waals surface area (Å²) in [5.74, 6) is 0.573. The number of benzene rings is 1. The Morgan fingerprint density at radius 1 is 1.17 bits per heavy atom. The minimum atomic E-state index is -0.601. The van der Waals surface area contributed by atoms with Crippen LogP contribution in [0.3, 0.4) is 0 Å². The third-order valence-electron chi connectivity index (χ3n) is 5.95. The summed E-state index contributed by atoms with van der Waals surface area (Å²) in [5.41, 5.74) is 4.41. The molecule has 0 aliphatic carbocycles. The molecule has 2 unspecified atom stereocenters. The maximum Gasteiger partial charge on any atom is 0.193 e. The molecular formula is C22H20ClN3O4. The lowest BCUT2D eigenvalue weighted by Crippen LogP contribution is -2.34. The van der Waals surface area contributed by atoms with Crippen molar-refractivity contribution in [2.24, 2.45) is 7.05 Å². The number of hydrogen-bond donors (Lipinski definition) is 2. The summed E-state index contributed by atoms with van der Waals surface area (Å²) in [7, 11) is 2.02. The summed E-state index contributed by atoms with van der Waals surface area (Å²) in [6.45, 7) is 0.645. The van der Waals surface area contributed by atoms with Crippen LogP contribution < -0.4 is 4.74 Å². The molecule has 0 bridgehead atoms. The first-order chi connectivity index (χ1) is 14.6. The first-order valence-electron chi connectivity index (χ1n) is 9.89. The molecule has 0 amide bonds. The van der Waals surface area contributed by atoms with Crippen LogP contribution >= 0.6 is 11.6 Å². The van der Waals surface area contributed by atoms with Gasteiger partial charge < -0.3 is 28.9 Å². The van der Waals surface area contributed by atoms with Crippen LogP contribution in [-0.4, -0.2) is 57.3 Å². The average molecular weight is 426 g/mol. The maximum absolute atomic E-state index is 9.89. The first kappa shape index (κ1) is 18.2.